The third-order valence-corrected chi connectivity index (χ3v) is 5.02. The third-order valence-electron chi connectivity index (χ3n) is 4.10. The highest BCUT2D eigenvalue weighted by molar-refractivity contribution is 7.99. The van der Waals surface area contributed by atoms with Crippen LogP contribution in [0.15, 0.2) is 78.2 Å². The number of nitrogens with one attached hydrogen (secondary N) is 1. The van der Waals surface area contributed by atoms with Gasteiger partial charge in [-0.15, -0.1) is 10.2 Å². The smallest absolute Gasteiger partial charge is 0.234 e. The maximum Gasteiger partial charge on any atom is 0.234 e. The van der Waals surface area contributed by atoms with Gasteiger partial charge in [0.05, 0.1) is 17.1 Å². The van der Waals surface area contributed by atoms with Gasteiger partial charge >= 0.3 is 0 Å². The summed E-state index contributed by atoms with van der Waals surface area (Å²) in [5.41, 5.74) is 1.75. The summed E-state index contributed by atoms with van der Waals surface area (Å²) < 4.78 is 28.3. The van der Waals surface area contributed by atoms with Crippen LogP contribution in [-0.2, 0) is 4.79 Å². The minimum Gasteiger partial charge on any atom is -0.323 e. The van der Waals surface area contributed by atoms with E-state index in [9.17, 15) is 13.6 Å². The van der Waals surface area contributed by atoms with Crippen LogP contribution in [0.1, 0.15) is 0 Å². The molecule has 1 amide bonds. The van der Waals surface area contributed by atoms with Crippen LogP contribution in [0.25, 0.3) is 17.1 Å². The molecule has 2 heterocycles. The fourth-order valence-electron chi connectivity index (χ4n) is 2.65. The van der Waals surface area contributed by atoms with Crippen molar-refractivity contribution in [2.24, 2.45) is 0 Å². The zero-order valence-corrected chi connectivity index (χ0v) is 16.3. The Morgan fingerprint density at radius 2 is 1.87 bits per heavy atom. The molecule has 6 nitrogen and oxygen atoms in total. The van der Waals surface area contributed by atoms with E-state index in [2.05, 4.69) is 20.5 Å². The average Bonchev–Trinajstić information content (AvgIpc) is 3.26. The average molecular weight is 423 g/mol. The Bertz CT molecular complexity index is 1170. The fourth-order valence-corrected chi connectivity index (χ4v) is 3.26. The van der Waals surface area contributed by atoms with E-state index in [1.165, 1.54) is 6.07 Å². The molecule has 4 aromatic rings. The van der Waals surface area contributed by atoms with Gasteiger partial charge in [-0.1, -0.05) is 42.1 Å². The van der Waals surface area contributed by atoms with Crippen molar-refractivity contribution in [2.75, 3.05) is 11.1 Å². The van der Waals surface area contributed by atoms with Crippen molar-refractivity contribution in [1.82, 2.24) is 19.7 Å². The normalized spacial score (nSPS) is 10.7. The predicted molar refractivity (Wildman–Crippen MR) is 110 cm³/mol. The zero-order valence-electron chi connectivity index (χ0n) is 15.5. The molecule has 0 aliphatic rings. The molecule has 2 aromatic carbocycles. The van der Waals surface area contributed by atoms with Gasteiger partial charge in [0.25, 0.3) is 0 Å². The Morgan fingerprint density at radius 1 is 1.03 bits per heavy atom. The molecule has 9 heteroatoms. The Balaban J connectivity index is 1.36. The number of anilines is 1. The Morgan fingerprint density at radius 3 is 2.60 bits per heavy atom. The zero-order chi connectivity index (χ0) is 20.9. The topological polar surface area (TPSA) is 72.7 Å². The van der Waals surface area contributed by atoms with Crippen molar-refractivity contribution in [3.63, 3.8) is 0 Å². The van der Waals surface area contributed by atoms with Gasteiger partial charge in [-0.05, 0) is 24.3 Å². The number of aromatic nitrogens is 4. The van der Waals surface area contributed by atoms with Crippen molar-refractivity contribution >= 4 is 23.4 Å². The largest absolute Gasteiger partial charge is 0.323 e. The summed E-state index contributed by atoms with van der Waals surface area (Å²) in [6, 6.07) is 16.3. The number of halogens is 2. The number of benzene rings is 2. The molecule has 0 unspecified atom stereocenters. The lowest BCUT2D eigenvalue weighted by Crippen LogP contribution is -2.15. The van der Waals surface area contributed by atoms with Gasteiger partial charge in [-0.3, -0.25) is 9.36 Å². The molecule has 0 aliphatic carbocycles. The van der Waals surface area contributed by atoms with Gasteiger partial charge in [-0.2, -0.15) is 0 Å². The minimum atomic E-state index is -0.826. The van der Waals surface area contributed by atoms with E-state index in [-0.39, 0.29) is 11.4 Å². The Labute approximate surface area is 175 Å². The van der Waals surface area contributed by atoms with Crippen molar-refractivity contribution < 1.29 is 13.6 Å². The van der Waals surface area contributed by atoms with Crippen molar-refractivity contribution in [3.8, 4) is 17.1 Å². The quantitative estimate of drug-likeness (QED) is 0.467. The molecule has 0 spiro atoms. The SMILES string of the molecule is O=C(CSc1ccc(-n2cnc(-c3ccccc3)c2)nn1)Nc1ccc(F)cc1F. The van der Waals surface area contributed by atoms with Gasteiger partial charge < -0.3 is 5.32 Å². The van der Waals surface area contributed by atoms with Crippen LogP contribution in [0.5, 0.6) is 0 Å². The molecule has 0 aliphatic heterocycles. The molecule has 30 heavy (non-hydrogen) atoms. The van der Waals surface area contributed by atoms with Gasteiger partial charge in [0.1, 0.15) is 23.0 Å². The summed E-state index contributed by atoms with van der Waals surface area (Å²) >= 11 is 1.16. The molecule has 0 radical (unpaired) electrons. The fraction of sp³-hybridized carbons (Fsp3) is 0.0476. The number of carbonyl (C=O) groups is 1. The Hall–Kier alpha value is -3.59. The van der Waals surface area contributed by atoms with E-state index in [0.29, 0.717) is 16.9 Å². The second-order valence-corrected chi connectivity index (χ2v) is 7.22. The second-order valence-electron chi connectivity index (χ2n) is 6.22. The van der Waals surface area contributed by atoms with Crippen molar-refractivity contribution in [3.05, 3.63) is 84.8 Å². The van der Waals surface area contributed by atoms with Crippen LogP contribution in [0.4, 0.5) is 14.5 Å². The van der Waals surface area contributed by atoms with Gasteiger partial charge in [0, 0.05) is 17.8 Å². The lowest BCUT2D eigenvalue weighted by molar-refractivity contribution is -0.113. The summed E-state index contributed by atoms with van der Waals surface area (Å²) in [5.74, 6) is -1.37. The van der Waals surface area contributed by atoms with Crippen LogP contribution >= 0.6 is 11.8 Å². The highest BCUT2D eigenvalue weighted by Crippen LogP contribution is 2.20. The first-order chi connectivity index (χ1) is 14.6. The molecular weight excluding hydrogens is 408 g/mol. The third kappa shape index (κ3) is 4.69. The summed E-state index contributed by atoms with van der Waals surface area (Å²) in [4.78, 5) is 16.4. The van der Waals surface area contributed by atoms with E-state index >= 15 is 0 Å². The van der Waals surface area contributed by atoms with E-state index in [4.69, 9.17) is 0 Å². The molecule has 0 atom stereocenters. The number of nitrogens with zero attached hydrogens (tertiary/aromatic N) is 4. The van der Waals surface area contributed by atoms with Crippen molar-refractivity contribution in [2.45, 2.75) is 5.03 Å². The molecule has 0 saturated carbocycles. The maximum absolute atomic E-state index is 13.6. The molecular formula is C21H15F2N5OS. The standard InChI is InChI=1S/C21H15F2N5OS/c22-15-6-7-17(16(23)10-15)25-20(29)12-30-21-9-8-19(26-27-21)28-11-18(24-13-28)14-4-2-1-3-5-14/h1-11,13H,12H2,(H,25,29). The first-order valence-electron chi connectivity index (χ1n) is 8.90. The summed E-state index contributed by atoms with van der Waals surface area (Å²) in [5, 5.41) is 11.2. The lowest BCUT2D eigenvalue weighted by Gasteiger charge is -2.06. The second kappa shape index (κ2) is 8.83. The van der Waals surface area contributed by atoms with Gasteiger partial charge in [-0.25, -0.2) is 13.8 Å². The lowest BCUT2D eigenvalue weighted by atomic mass is 10.2. The molecule has 0 bridgehead atoms. The van der Waals surface area contributed by atoms with E-state index in [1.54, 1.807) is 23.0 Å². The van der Waals surface area contributed by atoms with Crippen molar-refractivity contribution in [1.29, 1.82) is 0 Å². The number of carbonyl (C=O) groups excluding carboxylic acids is 1. The molecule has 1 N–H and O–H groups in total. The van der Waals surface area contributed by atoms with E-state index in [1.807, 2.05) is 36.5 Å². The highest BCUT2D eigenvalue weighted by atomic mass is 32.2. The number of hydrogen-bond donors (Lipinski definition) is 1. The number of amides is 1. The summed E-state index contributed by atoms with van der Waals surface area (Å²) in [6.07, 6.45) is 3.51. The number of hydrogen-bond acceptors (Lipinski definition) is 5. The molecule has 0 saturated heterocycles. The van der Waals surface area contributed by atoms with Gasteiger partial charge in [0.15, 0.2) is 5.82 Å². The monoisotopic (exact) mass is 423 g/mol. The highest BCUT2D eigenvalue weighted by Gasteiger charge is 2.10. The number of rotatable bonds is 6. The maximum atomic E-state index is 13.6. The van der Waals surface area contributed by atoms with Crippen LogP contribution < -0.4 is 5.32 Å². The first-order valence-corrected chi connectivity index (χ1v) is 9.88. The molecule has 4 rings (SSSR count). The number of thioether (sulfide) groups is 1. The van der Waals surface area contributed by atoms with Crippen LogP contribution in [0.3, 0.4) is 0 Å². The summed E-state index contributed by atoms with van der Waals surface area (Å²) in [6.45, 7) is 0. The summed E-state index contributed by atoms with van der Waals surface area (Å²) in [7, 11) is 0. The Kier molecular flexibility index (Phi) is 5.80. The molecule has 0 fully saturated rings. The minimum absolute atomic E-state index is 0.00801. The molecule has 2 aromatic heterocycles. The van der Waals surface area contributed by atoms with Crippen LogP contribution in [-0.4, -0.2) is 31.4 Å². The van der Waals surface area contributed by atoms with E-state index in [0.717, 1.165) is 29.1 Å². The van der Waals surface area contributed by atoms with Gasteiger partial charge in [0.2, 0.25) is 5.91 Å². The molecule has 150 valence electrons. The van der Waals surface area contributed by atoms with Crippen LogP contribution in [0.2, 0.25) is 0 Å². The first kappa shape index (κ1) is 19.7. The van der Waals surface area contributed by atoms with Crippen LogP contribution in [0, 0.1) is 11.6 Å². The predicted octanol–water partition coefficient (Wildman–Crippen LogP) is 4.34. The number of imidazole rings is 1. The van der Waals surface area contributed by atoms with E-state index < -0.39 is 17.5 Å².